The lowest BCUT2D eigenvalue weighted by Gasteiger charge is -2.39. The van der Waals surface area contributed by atoms with Gasteiger partial charge in [0.05, 0.1) is 26.1 Å². The highest BCUT2D eigenvalue weighted by Crippen LogP contribution is 2.43. The summed E-state index contributed by atoms with van der Waals surface area (Å²) in [5.41, 5.74) is 2.43. The average molecular weight is 343 g/mol. The fourth-order valence-corrected chi connectivity index (χ4v) is 4.30. The quantitative estimate of drug-likeness (QED) is 0.621. The number of rotatable bonds is 4. The number of allylic oxidation sites excluding steroid dienone is 1. The van der Waals surface area contributed by atoms with Gasteiger partial charge in [-0.05, 0) is 17.9 Å². The molecule has 0 spiro atoms. The molecule has 5 heteroatoms. The highest BCUT2D eigenvalue weighted by atomic mass is 16.5. The Morgan fingerprint density at radius 1 is 1.08 bits per heavy atom. The molecule has 1 saturated heterocycles. The molecule has 3 rings (SSSR count). The molecule has 0 N–H and O–H groups in total. The van der Waals surface area contributed by atoms with E-state index < -0.39 is 11.8 Å². The van der Waals surface area contributed by atoms with Gasteiger partial charge in [0.25, 0.3) is 0 Å². The van der Waals surface area contributed by atoms with Crippen molar-refractivity contribution < 1.29 is 19.1 Å². The van der Waals surface area contributed by atoms with Crippen LogP contribution >= 0.6 is 0 Å². The van der Waals surface area contributed by atoms with Crippen molar-refractivity contribution in [3.8, 4) is 0 Å². The molecule has 25 heavy (non-hydrogen) atoms. The first-order valence-electron chi connectivity index (χ1n) is 8.71. The van der Waals surface area contributed by atoms with E-state index in [2.05, 4.69) is 23.1 Å². The zero-order valence-electron chi connectivity index (χ0n) is 15.0. The maximum absolute atomic E-state index is 12.6. The van der Waals surface area contributed by atoms with E-state index in [0.717, 1.165) is 19.5 Å². The number of hydrogen-bond acceptors (Lipinski definition) is 5. The fourth-order valence-electron chi connectivity index (χ4n) is 4.30. The number of nitrogens with zero attached hydrogens (tertiary/aromatic N) is 1. The van der Waals surface area contributed by atoms with Gasteiger partial charge >= 0.3 is 11.9 Å². The standard InChI is InChI=1S/C20H25NO4/c1-13-11-15-9-10-21(12-14-7-5-4-6-8-14)18(15)17(20(23)25-3)16(13)19(22)24-2/h4-8,11,13,16-18H,9-10,12H2,1-3H3/t13-,16+,17-,18+/m1/s1. The molecule has 0 bridgehead atoms. The molecule has 1 aliphatic carbocycles. The third-order valence-electron chi connectivity index (χ3n) is 5.41. The lowest BCUT2D eigenvalue weighted by molar-refractivity contribution is -0.162. The van der Waals surface area contributed by atoms with Crippen LogP contribution in [0.2, 0.25) is 0 Å². The second-order valence-corrected chi connectivity index (χ2v) is 6.85. The van der Waals surface area contributed by atoms with Crippen LogP contribution in [0.3, 0.4) is 0 Å². The molecule has 0 saturated carbocycles. The minimum absolute atomic E-state index is 0.0422. The average Bonchev–Trinajstić information content (AvgIpc) is 3.02. The van der Waals surface area contributed by atoms with Crippen LogP contribution in [0.15, 0.2) is 42.0 Å². The van der Waals surface area contributed by atoms with E-state index in [1.165, 1.54) is 25.4 Å². The summed E-state index contributed by atoms with van der Waals surface area (Å²) in [7, 11) is 2.76. The van der Waals surface area contributed by atoms with Crippen molar-refractivity contribution in [2.75, 3.05) is 20.8 Å². The largest absolute Gasteiger partial charge is 0.469 e. The number of methoxy groups -OCH3 is 2. The Balaban J connectivity index is 1.95. The molecule has 1 aromatic rings. The molecular weight excluding hydrogens is 318 g/mol. The molecule has 1 aromatic carbocycles. The number of ether oxygens (including phenoxy) is 2. The third kappa shape index (κ3) is 3.33. The number of carbonyl (C=O) groups excluding carboxylic acids is 2. The van der Waals surface area contributed by atoms with Crippen LogP contribution in [-0.4, -0.2) is 43.6 Å². The van der Waals surface area contributed by atoms with Crippen LogP contribution < -0.4 is 0 Å². The second-order valence-electron chi connectivity index (χ2n) is 6.85. The molecule has 134 valence electrons. The van der Waals surface area contributed by atoms with Crippen molar-refractivity contribution >= 4 is 11.9 Å². The molecule has 0 radical (unpaired) electrons. The Morgan fingerprint density at radius 3 is 2.36 bits per heavy atom. The van der Waals surface area contributed by atoms with E-state index >= 15 is 0 Å². The van der Waals surface area contributed by atoms with Gasteiger partial charge in [-0.2, -0.15) is 0 Å². The predicted octanol–water partition coefficient (Wildman–Crippen LogP) is 2.42. The van der Waals surface area contributed by atoms with Crippen LogP contribution in [0.1, 0.15) is 18.9 Å². The summed E-state index contributed by atoms with van der Waals surface area (Å²) in [4.78, 5) is 27.3. The molecular formula is C20H25NO4. The van der Waals surface area contributed by atoms with Gasteiger partial charge in [0.2, 0.25) is 0 Å². The lowest BCUT2D eigenvalue weighted by atomic mass is 9.71. The Labute approximate surface area is 148 Å². The summed E-state index contributed by atoms with van der Waals surface area (Å²) < 4.78 is 10.1. The first-order chi connectivity index (χ1) is 12.1. The van der Waals surface area contributed by atoms with E-state index in [4.69, 9.17) is 9.47 Å². The number of fused-ring (bicyclic) bond motifs is 1. The summed E-state index contributed by atoms with van der Waals surface area (Å²) in [6.07, 6.45) is 3.07. The number of esters is 2. The summed E-state index contributed by atoms with van der Waals surface area (Å²) in [6, 6.07) is 10.1. The maximum Gasteiger partial charge on any atom is 0.311 e. The van der Waals surface area contributed by atoms with Gasteiger partial charge in [-0.1, -0.05) is 48.9 Å². The van der Waals surface area contributed by atoms with Crippen molar-refractivity contribution in [2.24, 2.45) is 17.8 Å². The van der Waals surface area contributed by atoms with Crippen LogP contribution in [0.25, 0.3) is 0 Å². The van der Waals surface area contributed by atoms with Crippen molar-refractivity contribution in [2.45, 2.75) is 25.9 Å². The monoisotopic (exact) mass is 343 g/mol. The van der Waals surface area contributed by atoms with Crippen LogP contribution in [-0.2, 0) is 25.6 Å². The normalized spacial score (nSPS) is 28.8. The zero-order valence-corrected chi connectivity index (χ0v) is 15.0. The third-order valence-corrected chi connectivity index (χ3v) is 5.41. The number of likely N-dealkylation sites (tertiary alicyclic amines) is 1. The van der Waals surface area contributed by atoms with Gasteiger partial charge in [0.15, 0.2) is 0 Å². The van der Waals surface area contributed by atoms with Crippen LogP contribution in [0.5, 0.6) is 0 Å². The van der Waals surface area contributed by atoms with E-state index in [0.29, 0.717) is 0 Å². The van der Waals surface area contributed by atoms with Gasteiger partial charge in [0, 0.05) is 19.1 Å². The molecule has 0 amide bonds. The lowest BCUT2D eigenvalue weighted by Crippen LogP contribution is -2.50. The zero-order chi connectivity index (χ0) is 18.0. The Bertz CT molecular complexity index is 670. The summed E-state index contributed by atoms with van der Waals surface area (Å²) >= 11 is 0. The fraction of sp³-hybridized carbons (Fsp3) is 0.500. The van der Waals surface area contributed by atoms with E-state index in [9.17, 15) is 9.59 Å². The van der Waals surface area contributed by atoms with Gasteiger partial charge in [-0.15, -0.1) is 0 Å². The maximum atomic E-state index is 12.6. The first kappa shape index (κ1) is 17.7. The predicted molar refractivity (Wildman–Crippen MR) is 93.5 cm³/mol. The van der Waals surface area contributed by atoms with E-state index in [-0.39, 0.29) is 23.9 Å². The minimum Gasteiger partial charge on any atom is -0.469 e. The van der Waals surface area contributed by atoms with Gasteiger partial charge in [0.1, 0.15) is 0 Å². The molecule has 0 aromatic heterocycles. The van der Waals surface area contributed by atoms with Crippen LogP contribution in [0, 0.1) is 17.8 Å². The van der Waals surface area contributed by atoms with Crippen molar-refractivity contribution in [1.82, 2.24) is 4.90 Å². The van der Waals surface area contributed by atoms with Crippen LogP contribution in [0.4, 0.5) is 0 Å². The molecule has 0 unspecified atom stereocenters. The molecule has 1 aliphatic heterocycles. The smallest absolute Gasteiger partial charge is 0.311 e. The van der Waals surface area contributed by atoms with Gasteiger partial charge in [-0.3, -0.25) is 14.5 Å². The molecule has 4 atom stereocenters. The number of hydrogen-bond donors (Lipinski definition) is 0. The summed E-state index contributed by atoms with van der Waals surface area (Å²) in [6.45, 7) is 3.60. The second kappa shape index (κ2) is 7.40. The van der Waals surface area contributed by atoms with Crippen molar-refractivity contribution in [1.29, 1.82) is 0 Å². The van der Waals surface area contributed by atoms with Crippen molar-refractivity contribution in [3.05, 3.63) is 47.5 Å². The van der Waals surface area contributed by atoms with Gasteiger partial charge in [-0.25, -0.2) is 0 Å². The van der Waals surface area contributed by atoms with E-state index in [1.54, 1.807) is 0 Å². The Morgan fingerprint density at radius 2 is 1.72 bits per heavy atom. The summed E-state index contributed by atoms with van der Waals surface area (Å²) in [5.74, 6) is -1.76. The Kier molecular flexibility index (Phi) is 5.23. The van der Waals surface area contributed by atoms with E-state index in [1.807, 2.05) is 25.1 Å². The highest BCUT2D eigenvalue weighted by molar-refractivity contribution is 5.84. The number of benzene rings is 1. The van der Waals surface area contributed by atoms with Crippen molar-refractivity contribution in [3.63, 3.8) is 0 Å². The number of carbonyl (C=O) groups is 2. The first-order valence-corrected chi connectivity index (χ1v) is 8.71. The molecule has 2 aliphatic rings. The molecule has 1 fully saturated rings. The van der Waals surface area contributed by atoms with Gasteiger partial charge < -0.3 is 9.47 Å². The Hall–Kier alpha value is -2.14. The topological polar surface area (TPSA) is 55.8 Å². The minimum atomic E-state index is -0.529. The molecule has 5 nitrogen and oxygen atoms in total. The summed E-state index contributed by atoms with van der Waals surface area (Å²) in [5, 5.41) is 0. The SMILES string of the molecule is COC(=O)[C@@H]1[C@@H](C(=O)OC)[C@@H]2C(=C[C@H]1C)CCN2Cc1ccccc1. The molecule has 1 heterocycles. The highest BCUT2D eigenvalue weighted by Gasteiger charge is 2.51.